The highest BCUT2D eigenvalue weighted by Crippen LogP contribution is 2.33. The van der Waals surface area contributed by atoms with Gasteiger partial charge in [0.05, 0.1) is 109 Å². The van der Waals surface area contributed by atoms with E-state index in [1.165, 1.54) is 19.3 Å². The highest BCUT2D eigenvalue weighted by molar-refractivity contribution is 5.93. The SMILES string of the molecule is CCCCCCc1nc(C)nc2ccn(Cc3ccc(CN4CC5(C4)CN(C(=O)OCc4ccc(CC(=O)[C@H](CCCNC(N)=O)NC(=O)[C@@H](CC(=O)CCOCCOCCOCCOCCONCC(C)C)C(C)C)cc4)CCO5)cc3OC)c12. The zero-order valence-electron chi connectivity index (χ0n) is 52.1. The van der Waals surface area contributed by atoms with Crippen LogP contribution in [0.3, 0.4) is 0 Å². The van der Waals surface area contributed by atoms with Crippen LogP contribution in [0, 0.1) is 24.7 Å². The molecule has 0 saturated carbocycles. The number of Topliss-reactive ketones (excluding diaryl/α,β-unsaturated/α-hetero) is 2. The number of urea groups is 1. The van der Waals surface area contributed by atoms with Crippen LogP contribution in [0.1, 0.15) is 120 Å². The Labute approximate surface area is 508 Å². The van der Waals surface area contributed by atoms with E-state index in [0.29, 0.717) is 117 Å². The number of amides is 4. The van der Waals surface area contributed by atoms with Crippen LogP contribution in [-0.4, -0.2) is 178 Å². The summed E-state index contributed by atoms with van der Waals surface area (Å²) in [5.74, 6) is 0.512. The Kier molecular flexibility index (Phi) is 29.6. The molecular weight excluding hydrogens is 1100 g/mol. The van der Waals surface area contributed by atoms with Gasteiger partial charge in [-0.3, -0.25) is 24.1 Å². The summed E-state index contributed by atoms with van der Waals surface area (Å²) >= 11 is 0. The topological polar surface area (TPSA) is 258 Å². The number of hydroxylamine groups is 1. The quantitative estimate of drug-likeness (QED) is 0.0256. The first kappa shape index (κ1) is 69.0. The fourth-order valence-corrected chi connectivity index (χ4v) is 10.6. The number of likely N-dealkylation sites (tertiary alicyclic amines) is 1. The summed E-state index contributed by atoms with van der Waals surface area (Å²) in [5.41, 5.74) is 14.5. The first-order chi connectivity index (χ1) is 41.5. The van der Waals surface area contributed by atoms with Crippen molar-refractivity contribution in [3.8, 4) is 5.75 Å². The predicted molar refractivity (Wildman–Crippen MR) is 326 cm³/mol. The lowest BCUT2D eigenvalue weighted by molar-refractivity contribution is -0.181. The number of ether oxygens (including phenoxy) is 7. The van der Waals surface area contributed by atoms with Gasteiger partial charge in [0.1, 0.15) is 29.6 Å². The van der Waals surface area contributed by atoms with E-state index in [4.69, 9.17) is 53.7 Å². The molecule has 0 bridgehead atoms. The number of hydrogen-bond donors (Lipinski definition) is 4. The molecule has 22 nitrogen and oxygen atoms in total. The van der Waals surface area contributed by atoms with Gasteiger partial charge in [0, 0.05) is 76.2 Å². The third-order valence-electron chi connectivity index (χ3n) is 15.3. The maximum absolute atomic E-state index is 13.9. The molecule has 2 aromatic carbocycles. The summed E-state index contributed by atoms with van der Waals surface area (Å²) in [7, 11) is 1.71. The molecule has 86 heavy (non-hydrogen) atoms. The van der Waals surface area contributed by atoms with Crippen LogP contribution in [0.2, 0.25) is 0 Å². The van der Waals surface area contributed by atoms with Crippen LogP contribution < -0.4 is 26.6 Å². The van der Waals surface area contributed by atoms with Crippen LogP contribution in [0.4, 0.5) is 9.59 Å². The molecule has 2 aliphatic heterocycles. The molecule has 5 N–H and O–H groups in total. The van der Waals surface area contributed by atoms with Gasteiger partial charge in [-0.25, -0.2) is 25.0 Å². The van der Waals surface area contributed by atoms with E-state index in [0.717, 1.165) is 64.4 Å². The fraction of sp³-hybridized carbons (Fsp3) is 0.641. The molecule has 1 spiro atoms. The summed E-state index contributed by atoms with van der Waals surface area (Å²) in [6.45, 7) is 20.6. The summed E-state index contributed by atoms with van der Waals surface area (Å²) in [6, 6.07) is 14.2. The van der Waals surface area contributed by atoms with Gasteiger partial charge in [0.2, 0.25) is 5.91 Å². The predicted octanol–water partition coefficient (Wildman–Crippen LogP) is 7.05. The van der Waals surface area contributed by atoms with Gasteiger partial charge in [0.15, 0.2) is 5.78 Å². The Morgan fingerprint density at radius 1 is 0.791 bits per heavy atom. The second-order valence-corrected chi connectivity index (χ2v) is 23.3. The minimum atomic E-state index is -0.880. The molecule has 0 unspecified atom stereocenters. The number of carbonyl (C=O) groups excluding carboxylic acids is 5. The average Bonchev–Trinajstić information content (AvgIpc) is 1.28. The molecule has 4 aromatic rings. The fourth-order valence-electron chi connectivity index (χ4n) is 10.6. The van der Waals surface area contributed by atoms with Gasteiger partial charge in [0.25, 0.3) is 0 Å². The van der Waals surface area contributed by atoms with Gasteiger partial charge in [-0.15, -0.1) is 0 Å². The Bertz CT molecular complexity index is 2720. The molecule has 2 fully saturated rings. The number of hydrogen-bond acceptors (Lipinski definition) is 17. The highest BCUT2D eigenvalue weighted by atomic mass is 16.7. The number of aromatic nitrogens is 3. The molecule has 2 aliphatic rings. The smallest absolute Gasteiger partial charge is 0.410 e. The number of carbonyl (C=O) groups is 5. The van der Waals surface area contributed by atoms with Crippen molar-refractivity contribution in [2.75, 3.05) is 112 Å². The Morgan fingerprint density at radius 2 is 1.48 bits per heavy atom. The average molecular weight is 1200 g/mol. The normalized spacial score (nSPS) is 14.8. The summed E-state index contributed by atoms with van der Waals surface area (Å²) in [6.07, 6.45) is 8.06. The van der Waals surface area contributed by atoms with Crippen LogP contribution in [0.25, 0.3) is 11.0 Å². The minimum Gasteiger partial charge on any atom is -0.496 e. The molecule has 0 aliphatic carbocycles. The molecule has 0 radical (unpaired) electrons. The molecule has 476 valence electrons. The summed E-state index contributed by atoms with van der Waals surface area (Å²) < 4.78 is 42.4. The third kappa shape index (κ3) is 23.5. The van der Waals surface area contributed by atoms with Crippen molar-refractivity contribution in [2.45, 2.75) is 137 Å². The molecule has 4 heterocycles. The number of unbranched alkanes of at least 4 members (excludes halogenated alkanes) is 3. The molecule has 4 amide bonds. The Balaban J connectivity index is 0.895. The molecule has 2 saturated heterocycles. The lowest BCUT2D eigenvalue weighted by Crippen LogP contribution is -2.70. The largest absolute Gasteiger partial charge is 0.496 e. The van der Waals surface area contributed by atoms with E-state index in [-0.39, 0.29) is 62.9 Å². The van der Waals surface area contributed by atoms with E-state index < -0.39 is 35.6 Å². The lowest BCUT2D eigenvalue weighted by Gasteiger charge is -2.53. The van der Waals surface area contributed by atoms with E-state index in [9.17, 15) is 24.0 Å². The zero-order chi connectivity index (χ0) is 61.7. The molecule has 6 rings (SSSR count). The number of primary amides is 1. The van der Waals surface area contributed by atoms with Crippen molar-refractivity contribution in [3.63, 3.8) is 0 Å². The van der Waals surface area contributed by atoms with Crippen LogP contribution >= 0.6 is 0 Å². The van der Waals surface area contributed by atoms with Crippen molar-refractivity contribution >= 4 is 40.6 Å². The van der Waals surface area contributed by atoms with Gasteiger partial charge in [-0.1, -0.05) is 90.3 Å². The number of nitrogens with zero attached hydrogens (tertiary/aromatic N) is 5. The number of morpholine rings is 1. The maximum Gasteiger partial charge on any atom is 0.410 e. The monoisotopic (exact) mass is 1200 g/mol. The second-order valence-electron chi connectivity index (χ2n) is 23.3. The number of aryl methyl sites for hydroxylation is 2. The van der Waals surface area contributed by atoms with Gasteiger partial charge in [-0.2, -0.15) is 0 Å². The van der Waals surface area contributed by atoms with Gasteiger partial charge in [-0.05, 0) is 73.3 Å². The van der Waals surface area contributed by atoms with Crippen molar-refractivity contribution < 1.29 is 62.0 Å². The van der Waals surface area contributed by atoms with Gasteiger partial charge < -0.3 is 59.0 Å². The van der Waals surface area contributed by atoms with Crippen molar-refractivity contribution in [1.82, 2.24) is 40.4 Å². The maximum atomic E-state index is 13.9. The summed E-state index contributed by atoms with van der Waals surface area (Å²) in [4.78, 5) is 84.5. The first-order valence-electron chi connectivity index (χ1n) is 30.9. The Morgan fingerprint density at radius 3 is 2.15 bits per heavy atom. The molecule has 2 atom stereocenters. The van der Waals surface area contributed by atoms with E-state index in [2.05, 4.69) is 76.8 Å². The number of nitrogens with one attached hydrogen (secondary N) is 3. The third-order valence-corrected chi connectivity index (χ3v) is 15.3. The van der Waals surface area contributed by atoms with Crippen LogP contribution in [0.15, 0.2) is 54.7 Å². The standard InChI is InChI=1S/C64H97N9O13/c1-8-9-10-11-13-56-60-57(69-48(6)68-56)21-24-72(60)41-52-20-19-51(37-59(52)79-7)40-71-43-64(44-71)45-73(25-27-85-64)63(78)84-42-50-17-15-49(16-18-50)36-58(75)55(14-12-23-66-62(65)77)70-61(76)54(47(4)5)38-53(74)22-26-80-28-29-81-30-31-82-32-33-83-34-35-86-67-39-46(2)3/h15-21,24,37,46-47,54-55,67H,8-14,22-23,25-36,38-45H2,1-7H3,(H,70,76)(H3,65,66,77)/t54-,55-/m0/s1. The molecule has 22 heteroatoms. The van der Waals surface area contributed by atoms with Crippen LogP contribution in [0.5, 0.6) is 5.75 Å². The zero-order valence-corrected chi connectivity index (χ0v) is 52.1. The first-order valence-corrected chi connectivity index (χ1v) is 30.9. The number of fused-ring (bicyclic) bond motifs is 1. The van der Waals surface area contributed by atoms with Crippen molar-refractivity contribution in [2.24, 2.45) is 23.5 Å². The Hall–Kier alpha value is -6.11. The second kappa shape index (κ2) is 36.9. The molecular formula is C64H97N9O13. The number of rotatable bonds is 42. The number of ketones is 2. The number of benzene rings is 2. The number of nitrogens with two attached hydrogens (primary N) is 1. The van der Waals surface area contributed by atoms with Gasteiger partial charge >= 0.3 is 12.1 Å². The van der Waals surface area contributed by atoms with E-state index >= 15 is 0 Å². The number of methoxy groups -OCH3 is 1. The lowest BCUT2D eigenvalue weighted by atomic mass is 9.88. The minimum absolute atomic E-state index is 0.00810. The van der Waals surface area contributed by atoms with E-state index in [1.807, 2.05) is 32.9 Å². The summed E-state index contributed by atoms with van der Waals surface area (Å²) in [5, 5.41) is 5.46. The highest BCUT2D eigenvalue weighted by Gasteiger charge is 2.48. The molecule has 2 aromatic heterocycles. The van der Waals surface area contributed by atoms with E-state index in [1.54, 1.807) is 24.1 Å². The van der Waals surface area contributed by atoms with Crippen molar-refractivity contribution in [1.29, 1.82) is 0 Å². The van der Waals surface area contributed by atoms with Crippen LogP contribution in [-0.2, 0) is 80.2 Å². The van der Waals surface area contributed by atoms with Crippen molar-refractivity contribution in [3.05, 3.63) is 88.5 Å².